The maximum atomic E-state index is 11.4. The van der Waals surface area contributed by atoms with Crippen molar-refractivity contribution in [3.8, 4) is 0 Å². The van der Waals surface area contributed by atoms with Crippen LogP contribution in [0.4, 0.5) is 0 Å². The van der Waals surface area contributed by atoms with Crippen molar-refractivity contribution in [1.29, 1.82) is 0 Å². The molecule has 5 nitrogen and oxygen atoms in total. The Morgan fingerprint density at radius 3 is 2.18 bits per heavy atom. The molecule has 0 saturated carbocycles. The number of halogens is 1. The lowest BCUT2D eigenvalue weighted by Crippen LogP contribution is -2.37. The van der Waals surface area contributed by atoms with Crippen LogP contribution in [0.15, 0.2) is 0 Å². The highest BCUT2D eigenvalue weighted by Crippen LogP contribution is 2.11. The SMILES string of the molecule is CC(C)(C)C(=O)NCCC(=O)NCCCN.Cl. The first-order chi connectivity index (χ1) is 7.38. The molecule has 0 aromatic heterocycles. The minimum absolute atomic E-state index is 0. The summed E-state index contributed by atoms with van der Waals surface area (Å²) < 4.78 is 0. The quantitative estimate of drug-likeness (QED) is 0.609. The van der Waals surface area contributed by atoms with Crippen molar-refractivity contribution in [1.82, 2.24) is 10.6 Å². The summed E-state index contributed by atoms with van der Waals surface area (Å²) in [7, 11) is 0. The Balaban J connectivity index is 0. The van der Waals surface area contributed by atoms with Crippen LogP contribution in [-0.4, -0.2) is 31.4 Å². The summed E-state index contributed by atoms with van der Waals surface area (Å²) in [6.07, 6.45) is 1.09. The number of nitrogens with two attached hydrogens (primary N) is 1. The van der Waals surface area contributed by atoms with Crippen LogP contribution in [-0.2, 0) is 9.59 Å². The van der Waals surface area contributed by atoms with Gasteiger partial charge in [-0.1, -0.05) is 20.8 Å². The van der Waals surface area contributed by atoms with Gasteiger partial charge in [-0.15, -0.1) is 12.4 Å². The van der Waals surface area contributed by atoms with Gasteiger partial charge < -0.3 is 16.4 Å². The summed E-state index contributed by atoms with van der Waals surface area (Å²) in [4.78, 5) is 22.7. The third-order valence-electron chi connectivity index (χ3n) is 2.02. The van der Waals surface area contributed by atoms with E-state index in [0.717, 1.165) is 6.42 Å². The summed E-state index contributed by atoms with van der Waals surface area (Å²) in [5.41, 5.74) is 4.89. The highest BCUT2D eigenvalue weighted by molar-refractivity contribution is 5.85. The van der Waals surface area contributed by atoms with E-state index in [2.05, 4.69) is 10.6 Å². The van der Waals surface area contributed by atoms with Crippen LogP contribution in [0.5, 0.6) is 0 Å². The van der Waals surface area contributed by atoms with Crippen LogP contribution in [0.2, 0.25) is 0 Å². The number of amides is 2. The molecule has 102 valence electrons. The zero-order valence-electron chi connectivity index (χ0n) is 10.8. The molecule has 0 saturated heterocycles. The highest BCUT2D eigenvalue weighted by atomic mass is 35.5. The molecule has 0 aliphatic carbocycles. The number of nitrogens with one attached hydrogen (secondary N) is 2. The van der Waals surface area contributed by atoms with Gasteiger partial charge in [0.1, 0.15) is 0 Å². The third-order valence-corrected chi connectivity index (χ3v) is 2.02. The Morgan fingerprint density at radius 1 is 1.12 bits per heavy atom. The monoisotopic (exact) mass is 265 g/mol. The normalized spacial score (nSPS) is 10.4. The topological polar surface area (TPSA) is 84.2 Å². The van der Waals surface area contributed by atoms with Gasteiger partial charge in [-0.2, -0.15) is 0 Å². The number of hydrogen-bond acceptors (Lipinski definition) is 3. The predicted molar refractivity (Wildman–Crippen MR) is 71.0 cm³/mol. The summed E-state index contributed by atoms with van der Waals surface area (Å²) in [6, 6.07) is 0. The molecule has 0 aliphatic heterocycles. The molecule has 0 unspecified atom stereocenters. The standard InChI is InChI=1S/C11H23N3O2.ClH/c1-11(2,3)10(16)14-8-5-9(15)13-7-4-6-12;/h4-8,12H2,1-3H3,(H,13,15)(H,14,16);1H. The Morgan fingerprint density at radius 2 is 1.71 bits per heavy atom. The van der Waals surface area contributed by atoms with Crippen molar-refractivity contribution < 1.29 is 9.59 Å². The number of hydrogen-bond donors (Lipinski definition) is 3. The maximum Gasteiger partial charge on any atom is 0.225 e. The molecule has 0 aromatic carbocycles. The van der Waals surface area contributed by atoms with Gasteiger partial charge in [-0.05, 0) is 13.0 Å². The summed E-state index contributed by atoms with van der Waals surface area (Å²) >= 11 is 0. The average Bonchev–Trinajstić information content (AvgIpc) is 2.16. The van der Waals surface area contributed by atoms with Crippen LogP contribution in [0.1, 0.15) is 33.6 Å². The molecule has 4 N–H and O–H groups in total. The molecular weight excluding hydrogens is 242 g/mol. The molecule has 0 fully saturated rings. The van der Waals surface area contributed by atoms with E-state index < -0.39 is 5.41 Å². The van der Waals surface area contributed by atoms with Gasteiger partial charge in [0.05, 0.1) is 0 Å². The molecule has 0 aromatic rings. The van der Waals surface area contributed by atoms with Gasteiger partial charge in [0.25, 0.3) is 0 Å². The molecule has 0 bridgehead atoms. The van der Waals surface area contributed by atoms with Crippen molar-refractivity contribution in [3.05, 3.63) is 0 Å². The molecule has 17 heavy (non-hydrogen) atoms. The number of carbonyl (C=O) groups excluding carboxylic acids is 2. The Bertz CT molecular complexity index is 239. The highest BCUT2D eigenvalue weighted by Gasteiger charge is 2.20. The Labute approximate surface area is 109 Å². The minimum atomic E-state index is -0.407. The second-order valence-corrected chi connectivity index (χ2v) is 4.75. The lowest BCUT2D eigenvalue weighted by Gasteiger charge is -2.17. The molecular formula is C11H24ClN3O2. The van der Waals surface area contributed by atoms with Gasteiger partial charge >= 0.3 is 0 Å². The second kappa shape index (κ2) is 9.24. The molecule has 6 heteroatoms. The van der Waals surface area contributed by atoms with Gasteiger partial charge in [0.2, 0.25) is 11.8 Å². The van der Waals surface area contributed by atoms with E-state index in [9.17, 15) is 9.59 Å². The lowest BCUT2D eigenvalue weighted by molar-refractivity contribution is -0.128. The van der Waals surface area contributed by atoms with Crippen LogP contribution >= 0.6 is 12.4 Å². The first-order valence-corrected chi connectivity index (χ1v) is 5.63. The van der Waals surface area contributed by atoms with E-state index in [1.165, 1.54) is 0 Å². The number of carbonyl (C=O) groups is 2. The molecule has 0 heterocycles. The maximum absolute atomic E-state index is 11.4. The van der Waals surface area contributed by atoms with E-state index >= 15 is 0 Å². The van der Waals surface area contributed by atoms with Gasteiger partial charge in [-0.3, -0.25) is 9.59 Å². The summed E-state index contributed by atoms with van der Waals surface area (Å²) in [5.74, 6) is -0.0927. The molecule has 2 amide bonds. The van der Waals surface area contributed by atoms with E-state index in [4.69, 9.17) is 5.73 Å². The van der Waals surface area contributed by atoms with Crippen LogP contribution in [0.25, 0.3) is 0 Å². The average molecular weight is 266 g/mol. The first kappa shape index (κ1) is 18.6. The van der Waals surface area contributed by atoms with Crippen molar-refractivity contribution >= 4 is 24.2 Å². The summed E-state index contributed by atoms with van der Waals surface area (Å²) in [6.45, 7) is 7.06. The zero-order chi connectivity index (χ0) is 12.6. The van der Waals surface area contributed by atoms with Crippen molar-refractivity contribution in [3.63, 3.8) is 0 Å². The first-order valence-electron chi connectivity index (χ1n) is 5.63. The van der Waals surface area contributed by atoms with Crippen LogP contribution in [0, 0.1) is 5.41 Å². The van der Waals surface area contributed by atoms with Gasteiger partial charge in [-0.25, -0.2) is 0 Å². The van der Waals surface area contributed by atoms with Crippen molar-refractivity contribution in [2.45, 2.75) is 33.6 Å². The fourth-order valence-corrected chi connectivity index (χ4v) is 0.973. The Kier molecular flexibility index (Phi) is 10.1. The fourth-order valence-electron chi connectivity index (χ4n) is 0.973. The number of rotatable bonds is 6. The predicted octanol–water partition coefficient (Wildman–Crippen LogP) is 0.426. The van der Waals surface area contributed by atoms with E-state index in [-0.39, 0.29) is 24.2 Å². The smallest absolute Gasteiger partial charge is 0.225 e. The molecule has 0 spiro atoms. The van der Waals surface area contributed by atoms with Gasteiger partial charge in [0.15, 0.2) is 0 Å². The third kappa shape index (κ3) is 10.1. The van der Waals surface area contributed by atoms with Crippen LogP contribution < -0.4 is 16.4 Å². The Hall–Kier alpha value is -0.810. The minimum Gasteiger partial charge on any atom is -0.356 e. The molecule has 0 atom stereocenters. The largest absolute Gasteiger partial charge is 0.356 e. The van der Waals surface area contributed by atoms with E-state index in [0.29, 0.717) is 26.1 Å². The molecule has 0 rings (SSSR count). The van der Waals surface area contributed by atoms with E-state index in [1.807, 2.05) is 20.8 Å². The summed E-state index contributed by atoms with van der Waals surface area (Å²) in [5, 5.41) is 5.45. The van der Waals surface area contributed by atoms with E-state index in [1.54, 1.807) is 0 Å². The van der Waals surface area contributed by atoms with Crippen LogP contribution in [0.3, 0.4) is 0 Å². The molecule has 0 radical (unpaired) electrons. The zero-order valence-corrected chi connectivity index (χ0v) is 11.7. The fraction of sp³-hybridized carbons (Fsp3) is 0.818. The van der Waals surface area contributed by atoms with Crippen molar-refractivity contribution in [2.24, 2.45) is 11.1 Å². The lowest BCUT2D eigenvalue weighted by atomic mass is 9.96. The van der Waals surface area contributed by atoms with Crippen molar-refractivity contribution in [2.75, 3.05) is 19.6 Å². The van der Waals surface area contributed by atoms with Gasteiger partial charge in [0, 0.05) is 24.9 Å². The molecule has 0 aliphatic rings. The second-order valence-electron chi connectivity index (χ2n) is 4.75.